The molecule has 1 aromatic carbocycles. The van der Waals surface area contributed by atoms with E-state index in [1.54, 1.807) is 18.5 Å². The molecule has 18 heavy (non-hydrogen) atoms. The first kappa shape index (κ1) is 12.1. The summed E-state index contributed by atoms with van der Waals surface area (Å²) in [6.07, 6.45) is 3.38. The van der Waals surface area contributed by atoms with E-state index in [1.165, 1.54) is 5.56 Å². The van der Waals surface area contributed by atoms with Gasteiger partial charge in [0.1, 0.15) is 6.07 Å². The van der Waals surface area contributed by atoms with E-state index in [9.17, 15) is 0 Å². The summed E-state index contributed by atoms with van der Waals surface area (Å²) in [5.41, 5.74) is 3.80. The number of hydrogen-bond acceptors (Lipinski definition) is 3. The van der Waals surface area contributed by atoms with Crippen molar-refractivity contribution >= 4 is 11.4 Å². The quantitative estimate of drug-likeness (QED) is 0.821. The first-order valence-corrected chi connectivity index (χ1v) is 5.94. The van der Waals surface area contributed by atoms with Crippen LogP contribution in [0.4, 0.5) is 11.4 Å². The van der Waals surface area contributed by atoms with E-state index >= 15 is 0 Å². The second-order valence-electron chi connectivity index (χ2n) is 4.08. The molecule has 3 nitrogen and oxygen atoms in total. The molecule has 3 heteroatoms. The number of rotatable bonds is 3. The molecule has 0 saturated carbocycles. The van der Waals surface area contributed by atoms with Crippen molar-refractivity contribution in [1.29, 1.82) is 5.26 Å². The highest BCUT2D eigenvalue weighted by atomic mass is 15.1. The van der Waals surface area contributed by atoms with Crippen molar-refractivity contribution < 1.29 is 0 Å². The maximum absolute atomic E-state index is 9.15. The van der Waals surface area contributed by atoms with E-state index in [-0.39, 0.29) is 0 Å². The Kier molecular flexibility index (Phi) is 3.59. The van der Waals surface area contributed by atoms with Crippen molar-refractivity contribution in [3.63, 3.8) is 0 Å². The Balaban J connectivity index is 2.46. The molecule has 2 rings (SSSR count). The zero-order valence-corrected chi connectivity index (χ0v) is 10.6. The summed E-state index contributed by atoms with van der Waals surface area (Å²) in [6, 6.07) is 12.2. The van der Waals surface area contributed by atoms with Gasteiger partial charge in [0.05, 0.1) is 17.4 Å². The van der Waals surface area contributed by atoms with Crippen LogP contribution < -0.4 is 4.90 Å². The van der Waals surface area contributed by atoms with Crippen LogP contribution in [0.2, 0.25) is 0 Å². The number of nitriles is 1. The van der Waals surface area contributed by atoms with Crippen molar-refractivity contribution in [1.82, 2.24) is 4.98 Å². The van der Waals surface area contributed by atoms with E-state index in [0.29, 0.717) is 5.56 Å². The van der Waals surface area contributed by atoms with Crippen molar-refractivity contribution in [2.45, 2.75) is 13.8 Å². The van der Waals surface area contributed by atoms with Gasteiger partial charge in [0.25, 0.3) is 0 Å². The number of aromatic nitrogens is 1. The number of nitrogens with zero attached hydrogens (tertiary/aromatic N) is 3. The number of aryl methyl sites for hydroxylation is 1. The van der Waals surface area contributed by atoms with E-state index in [0.717, 1.165) is 17.9 Å². The third-order valence-electron chi connectivity index (χ3n) is 2.87. The molecule has 0 fully saturated rings. The highest BCUT2D eigenvalue weighted by molar-refractivity contribution is 5.68. The zero-order chi connectivity index (χ0) is 13.0. The van der Waals surface area contributed by atoms with Crippen LogP contribution in [-0.4, -0.2) is 11.5 Å². The van der Waals surface area contributed by atoms with Crippen molar-refractivity contribution in [3.8, 4) is 6.07 Å². The molecular formula is C15H15N3. The van der Waals surface area contributed by atoms with Crippen LogP contribution in [0.1, 0.15) is 18.1 Å². The topological polar surface area (TPSA) is 39.9 Å². The predicted molar refractivity (Wildman–Crippen MR) is 72.8 cm³/mol. The van der Waals surface area contributed by atoms with E-state index in [2.05, 4.69) is 54.1 Å². The number of hydrogen-bond donors (Lipinski definition) is 0. The van der Waals surface area contributed by atoms with Gasteiger partial charge in [-0.2, -0.15) is 5.26 Å². The van der Waals surface area contributed by atoms with Gasteiger partial charge in [-0.1, -0.05) is 17.7 Å². The largest absolute Gasteiger partial charge is 0.339 e. The molecule has 0 aliphatic rings. The number of pyridine rings is 1. The average molecular weight is 237 g/mol. The fourth-order valence-electron chi connectivity index (χ4n) is 1.91. The Morgan fingerprint density at radius 1 is 1.22 bits per heavy atom. The van der Waals surface area contributed by atoms with Crippen LogP contribution >= 0.6 is 0 Å². The summed E-state index contributed by atoms with van der Waals surface area (Å²) in [7, 11) is 0. The number of benzene rings is 1. The van der Waals surface area contributed by atoms with Gasteiger partial charge < -0.3 is 4.90 Å². The fourth-order valence-corrected chi connectivity index (χ4v) is 1.91. The Hall–Kier alpha value is -2.34. The van der Waals surface area contributed by atoms with E-state index in [1.807, 2.05) is 0 Å². The zero-order valence-electron chi connectivity index (χ0n) is 10.6. The molecule has 2 aromatic rings. The minimum absolute atomic E-state index is 0.646. The van der Waals surface area contributed by atoms with Crippen molar-refractivity contribution in [2.75, 3.05) is 11.4 Å². The van der Waals surface area contributed by atoms with Gasteiger partial charge >= 0.3 is 0 Å². The molecule has 0 atom stereocenters. The van der Waals surface area contributed by atoms with Gasteiger partial charge in [0, 0.05) is 18.4 Å². The highest BCUT2D eigenvalue weighted by Gasteiger charge is 2.11. The van der Waals surface area contributed by atoms with E-state index in [4.69, 9.17) is 5.26 Å². The van der Waals surface area contributed by atoms with Crippen LogP contribution in [-0.2, 0) is 0 Å². The van der Waals surface area contributed by atoms with Crippen molar-refractivity contribution in [3.05, 3.63) is 53.9 Å². The molecule has 0 aliphatic carbocycles. The molecule has 0 saturated heterocycles. The van der Waals surface area contributed by atoms with E-state index < -0.39 is 0 Å². The lowest BCUT2D eigenvalue weighted by atomic mass is 10.1. The molecule has 1 aromatic heterocycles. The van der Waals surface area contributed by atoms with Crippen LogP contribution in [0.25, 0.3) is 0 Å². The van der Waals surface area contributed by atoms with Gasteiger partial charge in [-0.05, 0) is 32.0 Å². The predicted octanol–water partition coefficient (Wildman–Crippen LogP) is 3.42. The molecule has 1 heterocycles. The lowest BCUT2D eigenvalue weighted by Crippen LogP contribution is -2.17. The molecule has 0 aliphatic heterocycles. The Labute approximate surface area is 107 Å². The first-order valence-electron chi connectivity index (χ1n) is 5.94. The monoisotopic (exact) mass is 237 g/mol. The third kappa shape index (κ3) is 2.33. The smallest absolute Gasteiger partial charge is 0.101 e. The normalized spacial score (nSPS) is 9.83. The maximum atomic E-state index is 9.15. The molecule has 0 radical (unpaired) electrons. The van der Waals surface area contributed by atoms with Crippen LogP contribution in [0.5, 0.6) is 0 Å². The minimum Gasteiger partial charge on any atom is -0.339 e. The van der Waals surface area contributed by atoms with Gasteiger partial charge in [-0.25, -0.2) is 0 Å². The molecule has 0 spiro atoms. The molecule has 0 bridgehead atoms. The Morgan fingerprint density at radius 2 is 1.94 bits per heavy atom. The van der Waals surface area contributed by atoms with Crippen LogP contribution in [0, 0.1) is 18.3 Å². The fraction of sp³-hybridized carbons (Fsp3) is 0.200. The average Bonchev–Trinajstić information content (AvgIpc) is 2.42. The third-order valence-corrected chi connectivity index (χ3v) is 2.87. The lowest BCUT2D eigenvalue weighted by Gasteiger charge is -2.23. The van der Waals surface area contributed by atoms with Gasteiger partial charge in [-0.15, -0.1) is 0 Å². The first-order chi connectivity index (χ1) is 8.76. The second-order valence-corrected chi connectivity index (χ2v) is 4.08. The summed E-state index contributed by atoms with van der Waals surface area (Å²) in [6.45, 7) is 4.92. The lowest BCUT2D eigenvalue weighted by molar-refractivity contribution is 1.01. The maximum Gasteiger partial charge on any atom is 0.101 e. The second kappa shape index (κ2) is 5.33. The van der Waals surface area contributed by atoms with Crippen molar-refractivity contribution in [2.24, 2.45) is 0 Å². The molecule has 0 amide bonds. The highest BCUT2D eigenvalue weighted by Crippen LogP contribution is 2.27. The standard InChI is InChI=1S/C15H15N3/c1-3-18(14-6-4-12(2)5-7-14)15-11-17-9-8-13(15)10-16/h4-9,11H,3H2,1-2H3. The Morgan fingerprint density at radius 3 is 2.56 bits per heavy atom. The molecule has 90 valence electrons. The Bertz CT molecular complexity index is 567. The van der Waals surface area contributed by atoms with Gasteiger partial charge in [0.2, 0.25) is 0 Å². The summed E-state index contributed by atoms with van der Waals surface area (Å²) in [4.78, 5) is 6.20. The molecule has 0 unspecified atom stereocenters. The van der Waals surface area contributed by atoms with Gasteiger partial charge in [0.15, 0.2) is 0 Å². The minimum atomic E-state index is 0.646. The van der Waals surface area contributed by atoms with Gasteiger partial charge in [-0.3, -0.25) is 4.98 Å². The molecule has 0 N–H and O–H groups in total. The van der Waals surface area contributed by atoms with Crippen LogP contribution in [0.15, 0.2) is 42.7 Å². The number of anilines is 2. The SMILES string of the molecule is CCN(c1ccc(C)cc1)c1cnccc1C#N. The summed E-state index contributed by atoms with van der Waals surface area (Å²) in [5, 5.41) is 9.15. The molecular weight excluding hydrogens is 222 g/mol. The van der Waals surface area contributed by atoms with Crippen LogP contribution in [0.3, 0.4) is 0 Å². The summed E-state index contributed by atoms with van der Waals surface area (Å²) >= 11 is 0. The summed E-state index contributed by atoms with van der Waals surface area (Å²) in [5.74, 6) is 0. The summed E-state index contributed by atoms with van der Waals surface area (Å²) < 4.78 is 0.